The fraction of sp³-hybridized carbons (Fsp3) is 0.370. The zero-order chi connectivity index (χ0) is 40.0. The number of carboxylic acid groups (broad SMARTS) is 1. The van der Waals surface area contributed by atoms with Crippen LogP contribution in [0.5, 0.6) is 0 Å². The van der Waals surface area contributed by atoms with Crippen molar-refractivity contribution < 1.29 is 9.90 Å². The molecule has 3 aliphatic rings. The predicted octanol–water partition coefficient (Wildman–Crippen LogP) is 7.99. The number of hydrogen-bond donors (Lipinski definition) is 1. The number of unbranched alkanes of at least 4 members (excludes halogenated alkanes) is 5. The second-order valence-electron chi connectivity index (χ2n) is 16.0. The molecule has 57 heavy (non-hydrogen) atoms. The Bertz CT molecular complexity index is 2850. The lowest BCUT2D eigenvalue weighted by atomic mass is 9.82. The fourth-order valence-electron chi connectivity index (χ4n) is 9.37. The van der Waals surface area contributed by atoms with E-state index in [1.165, 1.54) is 43.8 Å². The first kappa shape index (κ1) is 38.4. The van der Waals surface area contributed by atoms with Crippen LogP contribution in [-0.4, -0.2) is 26.3 Å². The monoisotopic (exact) mass is 795 g/mol. The summed E-state index contributed by atoms with van der Waals surface area (Å²) in [7, 11) is 0. The maximum atomic E-state index is 14.0. The molecule has 1 saturated carbocycles. The maximum absolute atomic E-state index is 14.0. The Morgan fingerprint density at radius 2 is 1.65 bits per heavy atom. The molecule has 3 heterocycles. The smallest absolute Gasteiger partial charge is 0.323 e. The van der Waals surface area contributed by atoms with E-state index in [1.54, 1.807) is 6.08 Å². The molecule has 2 aromatic heterocycles. The van der Waals surface area contributed by atoms with E-state index in [9.17, 15) is 30.0 Å². The first-order chi connectivity index (χ1) is 27.6. The summed E-state index contributed by atoms with van der Waals surface area (Å²) in [6, 6.07) is 26.1. The van der Waals surface area contributed by atoms with Gasteiger partial charge in [-0.2, -0.15) is 10.5 Å². The van der Waals surface area contributed by atoms with Gasteiger partial charge >= 0.3 is 5.97 Å². The van der Waals surface area contributed by atoms with Crippen LogP contribution in [0.4, 0.5) is 11.4 Å². The first-order valence-corrected chi connectivity index (χ1v) is 21.6. The molecule has 8 rings (SSSR count). The molecule has 0 spiro atoms. The molecule has 2 aliphatic carbocycles. The molecule has 0 amide bonds. The maximum Gasteiger partial charge on any atom is 0.323 e. The third-order valence-corrected chi connectivity index (χ3v) is 14.6. The molecule has 0 radical (unpaired) electrons. The van der Waals surface area contributed by atoms with Crippen LogP contribution in [-0.2, 0) is 23.3 Å². The van der Waals surface area contributed by atoms with Crippen LogP contribution in [0.3, 0.4) is 0 Å². The van der Waals surface area contributed by atoms with Gasteiger partial charge < -0.3 is 10.0 Å². The molecule has 290 valence electrons. The second kappa shape index (κ2) is 15.5. The van der Waals surface area contributed by atoms with E-state index < -0.39 is 23.6 Å². The minimum absolute atomic E-state index is 0.108. The van der Waals surface area contributed by atoms with Crippen molar-refractivity contribution in [2.45, 2.75) is 109 Å². The number of nitrogens with zero attached hydrogens (tertiary/aromatic N) is 5. The van der Waals surface area contributed by atoms with Gasteiger partial charge in [-0.15, -0.1) is 22.7 Å². The number of aromatic nitrogens is 2. The largest absolute Gasteiger partial charge is 0.480 e. The Morgan fingerprint density at radius 1 is 0.895 bits per heavy atom. The average molecular weight is 796 g/mol. The van der Waals surface area contributed by atoms with Gasteiger partial charge in [0, 0.05) is 35.3 Å². The number of carbonyl (C=O) groups is 1. The molecule has 1 N–H and O–H groups in total. The first-order valence-electron chi connectivity index (χ1n) is 20.0. The minimum atomic E-state index is -1.21. The number of rotatable bonds is 11. The van der Waals surface area contributed by atoms with Crippen molar-refractivity contribution in [3.05, 3.63) is 122 Å². The number of benzene rings is 3. The summed E-state index contributed by atoms with van der Waals surface area (Å²) in [6.45, 7) is 6.45. The van der Waals surface area contributed by atoms with Crippen LogP contribution in [0, 0.1) is 31.9 Å². The van der Waals surface area contributed by atoms with Gasteiger partial charge in [0.25, 0.3) is 11.1 Å². The lowest BCUT2D eigenvalue weighted by Gasteiger charge is -2.29. The van der Waals surface area contributed by atoms with Crippen LogP contribution < -0.4 is 25.2 Å². The van der Waals surface area contributed by atoms with Crippen LogP contribution in [0.15, 0.2) is 70.3 Å². The zero-order valence-corrected chi connectivity index (χ0v) is 34.1. The van der Waals surface area contributed by atoms with Crippen LogP contribution >= 0.6 is 22.7 Å². The molecule has 2 unspecified atom stereocenters. The molecule has 1 aliphatic heterocycles. The molecular formula is C46H45N5O4S2. The Hall–Kier alpha value is -5.49. The highest BCUT2D eigenvalue weighted by Gasteiger charge is 2.43. The quantitative estimate of drug-likeness (QED) is 0.134. The summed E-state index contributed by atoms with van der Waals surface area (Å²) in [5.41, 5.74) is 8.49. The van der Waals surface area contributed by atoms with Crippen molar-refractivity contribution in [1.29, 1.82) is 10.5 Å². The Kier molecular flexibility index (Phi) is 10.4. The normalized spacial score (nSPS) is 18.1. The number of anilines is 2. The van der Waals surface area contributed by atoms with E-state index in [-0.39, 0.29) is 24.8 Å². The third kappa shape index (κ3) is 6.67. The van der Waals surface area contributed by atoms with E-state index in [0.717, 1.165) is 84.2 Å². The predicted molar refractivity (Wildman–Crippen MR) is 226 cm³/mol. The molecule has 11 heteroatoms. The van der Waals surface area contributed by atoms with Crippen molar-refractivity contribution in [3.63, 3.8) is 0 Å². The van der Waals surface area contributed by atoms with Crippen molar-refractivity contribution in [2.24, 2.45) is 0 Å². The van der Waals surface area contributed by atoms with E-state index in [1.807, 2.05) is 18.2 Å². The summed E-state index contributed by atoms with van der Waals surface area (Å²) < 4.78 is 3.50. The van der Waals surface area contributed by atoms with Gasteiger partial charge in [0.05, 0.1) is 4.53 Å². The summed E-state index contributed by atoms with van der Waals surface area (Å²) >= 11 is 2.05. The fourth-order valence-corrected chi connectivity index (χ4v) is 11.7. The standard InChI is InChI=1S/C46H45N5O4S2/c1-4-5-6-7-8-11-21-49-43(55)41(57-44(49)29(25-47)26-48)45-50(27-40(52)53)42(54)39(56-45)23-28-17-20-38-34(22-28)33-14-12-16-37(33)51(38)30-18-19-32-31-13-9-10-15-35(31)46(2,3)36(32)24-30/h9-10,13,15,17-20,22-24,33,37H,4-8,11-12,14,16,21,27H2,1-3H3,(H,52,53)/b39-23+,45-41+. The summed E-state index contributed by atoms with van der Waals surface area (Å²) in [5, 5.41) is 29.4. The van der Waals surface area contributed by atoms with E-state index >= 15 is 0 Å². The lowest BCUT2D eigenvalue weighted by molar-refractivity contribution is -0.137. The van der Waals surface area contributed by atoms with Gasteiger partial charge in [-0.25, -0.2) is 0 Å². The molecule has 0 saturated heterocycles. The summed E-state index contributed by atoms with van der Waals surface area (Å²) in [5.74, 6) is -0.869. The van der Waals surface area contributed by atoms with Gasteiger partial charge in [-0.3, -0.25) is 23.5 Å². The summed E-state index contributed by atoms with van der Waals surface area (Å²) in [4.78, 5) is 42.6. The van der Waals surface area contributed by atoms with Crippen molar-refractivity contribution in [2.75, 3.05) is 4.90 Å². The molecular weight excluding hydrogens is 751 g/mol. The van der Waals surface area contributed by atoms with Crippen molar-refractivity contribution in [1.82, 2.24) is 9.13 Å². The Labute approximate surface area is 339 Å². The van der Waals surface area contributed by atoms with Gasteiger partial charge in [0.2, 0.25) is 0 Å². The van der Waals surface area contributed by atoms with Gasteiger partial charge in [0.15, 0.2) is 5.57 Å². The Morgan fingerprint density at radius 3 is 2.42 bits per heavy atom. The SMILES string of the molecule is CCCCCCCCn1c(=C(C#N)C#N)s/c(=c2/s/c(=C/c3ccc4c(c3)C3CCCC3N4c3ccc4c(c3)C(C)(C)c3ccccc3-4)c(=O)n2CC(=O)O)c1=O. The van der Waals surface area contributed by atoms with Gasteiger partial charge in [0.1, 0.15) is 32.5 Å². The van der Waals surface area contributed by atoms with Crippen LogP contribution in [0.25, 0.3) is 22.8 Å². The van der Waals surface area contributed by atoms with E-state index in [0.29, 0.717) is 29.5 Å². The lowest BCUT2D eigenvalue weighted by Crippen LogP contribution is -2.30. The topological polar surface area (TPSA) is 132 Å². The van der Waals surface area contributed by atoms with Crippen LogP contribution in [0.1, 0.15) is 107 Å². The molecule has 2 atom stereocenters. The highest BCUT2D eigenvalue weighted by atomic mass is 32.1. The number of aliphatic carboxylic acids is 1. The van der Waals surface area contributed by atoms with Gasteiger partial charge in [-0.05, 0) is 83.0 Å². The number of carboxylic acids is 1. The van der Waals surface area contributed by atoms with Crippen molar-refractivity contribution >= 4 is 51.7 Å². The molecule has 3 aromatic carbocycles. The Balaban J connectivity index is 1.22. The second-order valence-corrected chi connectivity index (χ2v) is 18.0. The number of thiazole rings is 2. The molecule has 0 bridgehead atoms. The molecule has 1 fully saturated rings. The minimum Gasteiger partial charge on any atom is -0.480 e. The number of hydrogen-bond acceptors (Lipinski definition) is 8. The number of fused-ring (bicyclic) bond motifs is 6. The average Bonchev–Trinajstić information content (AvgIpc) is 3.99. The zero-order valence-electron chi connectivity index (χ0n) is 32.5. The van der Waals surface area contributed by atoms with Gasteiger partial charge in [-0.1, -0.05) is 95.7 Å². The molecule has 5 aromatic rings. The van der Waals surface area contributed by atoms with E-state index in [2.05, 4.69) is 80.3 Å². The number of nitriles is 2. The molecule has 9 nitrogen and oxygen atoms in total. The highest BCUT2D eigenvalue weighted by molar-refractivity contribution is 7.11. The van der Waals surface area contributed by atoms with Crippen molar-refractivity contribution in [3.8, 4) is 23.3 Å². The van der Waals surface area contributed by atoms with E-state index in [4.69, 9.17) is 0 Å². The highest BCUT2D eigenvalue weighted by Crippen LogP contribution is 2.55. The van der Waals surface area contributed by atoms with Crippen LogP contribution in [0.2, 0.25) is 0 Å². The third-order valence-electron chi connectivity index (χ3n) is 12.1. The summed E-state index contributed by atoms with van der Waals surface area (Å²) in [6.07, 6.45) is 11.1.